The molecule has 2 N–H and O–H groups in total. The maximum atomic E-state index is 8.42. The van der Waals surface area contributed by atoms with Gasteiger partial charge in [-0.15, -0.1) is 5.92 Å². The highest BCUT2D eigenvalue weighted by atomic mass is 16.3. The fraction of sp³-hybridized carbons (Fsp3) is 0.600. The van der Waals surface area contributed by atoms with Gasteiger partial charge in [0.2, 0.25) is 0 Å². The van der Waals surface area contributed by atoms with Gasteiger partial charge < -0.3 is 10.2 Å². The molecule has 0 aliphatic carbocycles. The predicted molar refractivity (Wildman–Crippen MR) is 48.2 cm³/mol. The Hall–Kier alpha value is -0.960. The first-order valence-corrected chi connectivity index (χ1v) is 4.05. The highest BCUT2D eigenvalue weighted by Gasteiger charge is 1.76. The topological polar surface area (TPSA) is 40.5 Å². The molecule has 0 fully saturated rings. The summed E-state index contributed by atoms with van der Waals surface area (Å²) in [4.78, 5) is 0. The van der Waals surface area contributed by atoms with Crippen molar-refractivity contribution in [2.75, 3.05) is 13.2 Å². The van der Waals surface area contributed by atoms with Crippen LogP contribution >= 0.6 is 0 Å². The summed E-state index contributed by atoms with van der Waals surface area (Å²) in [6.45, 7) is 0.315. The number of hydrogen-bond donors (Lipinski definition) is 2. The van der Waals surface area contributed by atoms with Crippen molar-refractivity contribution < 1.29 is 10.2 Å². The molecule has 2 nitrogen and oxygen atoms in total. The molecule has 0 aromatic carbocycles. The minimum absolute atomic E-state index is 0.116. The molecule has 0 radical (unpaired) electrons. The molecule has 0 unspecified atom stereocenters. The van der Waals surface area contributed by atoms with Gasteiger partial charge >= 0.3 is 0 Å². The highest BCUT2D eigenvalue weighted by molar-refractivity contribution is 5.11. The molecule has 0 rings (SSSR count). The second-order valence-electron chi connectivity index (χ2n) is 2.18. The van der Waals surface area contributed by atoms with Gasteiger partial charge in [0.25, 0.3) is 0 Å². The van der Waals surface area contributed by atoms with E-state index in [9.17, 15) is 0 Å². The standard InChI is InChI=1S/C10H14O2/c11-9-7-5-3-1-2-4-6-8-10-12/h11-12H,1,6-10H2. The maximum absolute atomic E-state index is 8.42. The second-order valence-corrected chi connectivity index (χ2v) is 2.18. The molecule has 0 aromatic heterocycles. The zero-order chi connectivity index (χ0) is 9.07. The van der Waals surface area contributed by atoms with Crippen LogP contribution in [0.3, 0.4) is 0 Å². The summed E-state index contributed by atoms with van der Waals surface area (Å²) in [5, 5.41) is 16.8. The van der Waals surface area contributed by atoms with Crippen molar-refractivity contribution in [2.45, 2.75) is 25.7 Å². The molecule has 0 amide bonds. The van der Waals surface area contributed by atoms with Gasteiger partial charge in [-0.3, -0.25) is 0 Å². The fourth-order valence-electron chi connectivity index (χ4n) is 0.569. The molecule has 0 bridgehead atoms. The lowest BCUT2D eigenvalue weighted by molar-refractivity contribution is 0.290. The Bertz CT molecular complexity index is 199. The molecule has 66 valence electrons. The molecule has 0 heterocycles. The number of unbranched alkanes of at least 4 members (excludes halogenated alkanes) is 1. The van der Waals surface area contributed by atoms with Gasteiger partial charge in [0.15, 0.2) is 0 Å². The van der Waals surface area contributed by atoms with Crippen molar-refractivity contribution in [3.63, 3.8) is 0 Å². The van der Waals surface area contributed by atoms with Gasteiger partial charge in [0, 0.05) is 19.4 Å². The minimum Gasteiger partial charge on any atom is -0.396 e. The van der Waals surface area contributed by atoms with Crippen LogP contribution in [0.25, 0.3) is 0 Å². The number of rotatable bonds is 3. The lowest BCUT2D eigenvalue weighted by Gasteiger charge is -1.82. The van der Waals surface area contributed by atoms with Crippen LogP contribution in [0, 0.1) is 23.7 Å². The van der Waals surface area contributed by atoms with Gasteiger partial charge in [-0.1, -0.05) is 17.8 Å². The average Bonchev–Trinajstić information content (AvgIpc) is 2.10. The van der Waals surface area contributed by atoms with Crippen LogP contribution in [0.1, 0.15) is 25.7 Å². The first kappa shape index (κ1) is 11.0. The zero-order valence-electron chi connectivity index (χ0n) is 7.14. The summed E-state index contributed by atoms with van der Waals surface area (Å²) >= 11 is 0. The zero-order valence-corrected chi connectivity index (χ0v) is 7.14. The summed E-state index contributed by atoms with van der Waals surface area (Å²) in [6.07, 6.45) is 2.55. The van der Waals surface area contributed by atoms with Gasteiger partial charge in [-0.25, -0.2) is 0 Å². The lowest BCUT2D eigenvalue weighted by Crippen LogP contribution is -1.78. The molecule has 12 heavy (non-hydrogen) atoms. The maximum Gasteiger partial charge on any atom is 0.0702 e. The van der Waals surface area contributed by atoms with Crippen LogP contribution in [0.5, 0.6) is 0 Å². The normalized spacial score (nSPS) is 7.83. The van der Waals surface area contributed by atoms with Gasteiger partial charge in [-0.2, -0.15) is 0 Å². The van der Waals surface area contributed by atoms with Crippen molar-refractivity contribution in [3.8, 4) is 23.7 Å². The van der Waals surface area contributed by atoms with Crippen LogP contribution in [0.2, 0.25) is 0 Å². The van der Waals surface area contributed by atoms with Crippen LogP contribution < -0.4 is 0 Å². The van der Waals surface area contributed by atoms with Crippen molar-refractivity contribution >= 4 is 0 Å². The Labute approximate surface area is 73.6 Å². The SMILES string of the molecule is OCCC#CCC#CCCCO. The van der Waals surface area contributed by atoms with Crippen molar-refractivity contribution in [2.24, 2.45) is 0 Å². The first-order chi connectivity index (χ1) is 5.91. The molecule has 0 saturated heterocycles. The third-order valence-corrected chi connectivity index (χ3v) is 1.12. The van der Waals surface area contributed by atoms with Crippen molar-refractivity contribution in [1.82, 2.24) is 0 Å². The van der Waals surface area contributed by atoms with E-state index in [0.29, 0.717) is 12.8 Å². The Morgan fingerprint density at radius 1 is 0.750 bits per heavy atom. The van der Waals surface area contributed by atoms with E-state index in [1.807, 2.05) is 0 Å². The van der Waals surface area contributed by atoms with Crippen LogP contribution in [0.15, 0.2) is 0 Å². The van der Waals surface area contributed by atoms with E-state index in [1.54, 1.807) is 0 Å². The largest absolute Gasteiger partial charge is 0.396 e. The summed E-state index contributed by atoms with van der Waals surface area (Å²) in [7, 11) is 0. The summed E-state index contributed by atoms with van der Waals surface area (Å²) in [6, 6.07) is 0. The number of aliphatic hydroxyl groups is 2. The lowest BCUT2D eigenvalue weighted by atomic mass is 10.3. The first-order valence-electron chi connectivity index (χ1n) is 4.05. The van der Waals surface area contributed by atoms with Crippen LogP contribution in [0.4, 0.5) is 0 Å². The third kappa shape index (κ3) is 9.04. The Kier molecular flexibility index (Phi) is 9.24. The second kappa shape index (κ2) is 10.0. The summed E-state index contributed by atoms with van der Waals surface area (Å²) in [5.41, 5.74) is 0. The number of aliphatic hydroxyl groups excluding tert-OH is 2. The van der Waals surface area contributed by atoms with E-state index >= 15 is 0 Å². The summed E-state index contributed by atoms with van der Waals surface area (Å²) < 4.78 is 0. The van der Waals surface area contributed by atoms with Crippen LogP contribution in [-0.2, 0) is 0 Å². The van der Waals surface area contributed by atoms with E-state index < -0.39 is 0 Å². The van der Waals surface area contributed by atoms with Gasteiger partial charge in [-0.05, 0) is 6.42 Å². The molecule has 0 aliphatic rings. The molecule has 2 heteroatoms. The van der Waals surface area contributed by atoms with Crippen molar-refractivity contribution in [1.29, 1.82) is 0 Å². The molecular weight excluding hydrogens is 152 g/mol. The van der Waals surface area contributed by atoms with E-state index in [2.05, 4.69) is 23.7 Å². The Morgan fingerprint density at radius 2 is 1.42 bits per heavy atom. The van der Waals surface area contributed by atoms with Crippen molar-refractivity contribution in [3.05, 3.63) is 0 Å². The molecule has 0 atom stereocenters. The number of hydrogen-bond acceptors (Lipinski definition) is 2. The Balaban J connectivity index is 3.27. The van der Waals surface area contributed by atoms with E-state index in [0.717, 1.165) is 12.8 Å². The quantitative estimate of drug-likeness (QED) is 0.474. The van der Waals surface area contributed by atoms with Gasteiger partial charge in [0.05, 0.1) is 13.0 Å². The molecular formula is C10H14O2. The van der Waals surface area contributed by atoms with Gasteiger partial charge in [0.1, 0.15) is 0 Å². The average molecular weight is 166 g/mol. The molecule has 0 saturated carbocycles. The van der Waals surface area contributed by atoms with E-state index in [1.165, 1.54) is 0 Å². The van der Waals surface area contributed by atoms with Crippen LogP contribution in [-0.4, -0.2) is 23.4 Å². The highest BCUT2D eigenvalue weighted by Crippen LogP contribution is 1.83. The summed E-state index contributed by atoms with van der Waals surface area (Å²) in [5.74, 6) is 11.3. The van der Waals surface area contributed by atoms with E-state index in [4.69, 9.17) is 10.2 Å². The monoisotopic (exact) mass is 166 g/mol. The third-order valence-electron chi connectivity index (χ3n) is 1.12. The van der Waals surface area contributed by atoms with E-state index in [-0.39, 0.29) is 13.2 Å². The molecule has 0 spiro atoms. The minimum atomic E-state index is 0.116. The molecule has 0 aliphatic heterocycles. The smallest absolute Gasteiger partial charge is 0.0702 e. The Morgan fingerprint density at radius 3 is 2.00 bits per heavy atom. The molecule has 0 aromatic rings. The predicted octanol–water partition coefficient (Wildman–Crippen LogP) is 0.538. The fourth-order valence-corrected chi connectivity index (χ4v) is 0.569.